The molecule has 0 saturated heterocycles. The van der Waals surface area contributed by atoms with Gasteiger partial charge in [0.2, 0.25) is 0 Å². The van der Waals surface area contributed by atoms with E-state index >= 15 is 0 Å². The Kier molecular flexibility index (Phi) is 4.71. The van der Waals surface area contributed by atoms with Gasteiger partial charge in [0.1, 0.15) is 0 Å². The minimum absolute atomic E-state index is 0.211. The van der Waals surface area contributed by atoms with E-state index in [1.165, 1.54) is 7.11 Å². The van der Waals surface area contributed by atoms with Gasteiger partial charge in [0.25, 0.3) is 0 Å². The maximum atomic E-state index is 11.3. The predicted molar refractivity (Wildman–Crippen MR) is 72.7 cm³/mol. The molecular formula is C15H19NO3. The van der Waals surface area contributed by atoms with Gasteiger partial charge in [-0.15, -0.1) is 0 Å². The quantitative estimate of drug-likeness (QED) is 0.623. The average Bonchev–Trinajstić information content (AvgIpc) is 2.93. The van der Waals surface area contributed by atoms with Gasteiger partial charge < -0.3 is 15.2 Å². The number of nitrogens with one attached hydrogen (secondary N) is 1. The smallest absolute Gasteiger partial charge is 0.337 e. The Morgan fingerprint density at radius 2 is 2.11 bits per heavy atom. The Hall–Kier alpha value is -1.65. The number of esters is 1. The van der Waals surface area contributed by atoms with Gasteiger partial charge in [-0.2, -0.15) is 0 Å². The van der Waals surface area contributed by atoms with Gasteiger partial charge >= 0.3 is 5.97 Å². The second-order valence-corrected chi connectivity index (χ2v) is 4.74. The van der Waals surface area contributed by atoms with Gasteiger partial charge in [0.15, 0.2) is 0 Å². The standard InChI is InChI=1S/C15H19NO3/c1-19-15(18)13-5-2-11(3-6-13)9-16-14-7-4-12(8-14)10-17/h2-7,12,14,16-17H,8-10H2,1H3/t12-,14+/m0/s1. The molecule has 0 fully saturated rings. The predicted octanol–water partition coefficient (Wildman–Crippen LogP) is 1.50. The summed E-state index contributed by atoms with van der Waals surface area (Å²) in [5, 5.41) is 12.5. The third-order valence-electron chi connectivity index (χ3n) is 3.35. The summed E-state index contributed by atoms with van der Waals surface area (Å²) in [6, 6.07) is 7.69. The highest BCUT2D eigenvalue weighted by atomic mass is 16.5. The Balaban J connectivity index is 1.84. The summed E-state index contributed by atoms with van der Waals surface area (Å²) < 4.78 is 4.65. The molecule has 0 aliphatic heterocycles. The molecular weight excluding hydrogens is 242 g/mol. The fraction of sp³-hybridized carbons (Fsp3) is 0.400. The Morgan fingerprint density at radius 1 is 1.37 bits per heavy atom. The molecule has 1 aromatic carbocycles. The minimum Gasteiger partial charge on any atom is -0.465 e. The number of aliphatic hydroxyl groups is 1. The summed E-state index contributed by atoms with van der Waals surface area (Å²) in [6.07, 6.45) is 5.10. The first-order valence-corrected chi connectivity index (χ1v) is 6.42. The Labute approximate surface area is 113 Å². The summed E-state index contributed by atoms with van der Waals surface area (Å²) in [5.74, 6) is -0.0387. The van der Waals surface area contributed by atoms with Crippen molar-refractivity contribution in [2.24, 2.45) is 5.92 Å². The summed E-state index contributed by atoms with van der Waals surface area (Å²) in [6.45, 7) is 0.955. The van der Waals surface area contributed by atoms with Crippen molar-refractivity contribution in [3.05, 3.63) is 47.5 Å². The van der Waals surface area contributed by atoms with E-state index < -0.39 is 0 Å². The lowest BCUT2D eigenvalue weighted by molar-refractivity contribution is 0.0600. The van der Waals surface area contributed by atoms with Crippen molar-refractivity contribution in [3.8, 4) is 0 Å². The van der Waals surface area contributed by atoms with E-state index in [1.54, 1.807) is 12.1 Å². The number of hydrogen-bond donors (Lipinski definition) is 2. The van der Waals surface area contributed by atoms with E-state index in [0.29, 0.717) is 11.6 Å². The Bertz CT molecular complexity index is 453. The zero-order chi connectivity index (χ0) is 13.7. The molecule has 102 valence electrons. The van der Waals surface area contributed by atoms with Gasteiger partial charge in [-0.1, -0.05) is 24.3 Å². The first-order valence-electron chi connectivity index (χ1n) is 6.42. The van der Waals surface area contributed by atoms with Crippen LogP contribution < -0.4 is 5.32 Å². The lowest BCUT2D eigenvalue weighted by Crippen LogP contribution is -2.26. The van der Waals surface area contributed by atoms with Crippen LogP contribution in [0.1, 0.15) is 22.3 Å². The molecule has 0 radical (unpaired) electrons. The highest BCUT2D eigenvalue weighted by Gasteiger charge is 2.17. The summed E-state index contributed by atoms with van der Waals surface area (Å²) >= 11 is 0. The zero-order valence-electron chi connectivity index (χ0n) is 11.0. The van der Waals surface area contributed by atoms with Crippen molar-refractivity contribution in [2.45, 2.75) is 19.0 Å². The molecule has 19 heavy (non-hydrogen) atoms. The molecule has 0 saturated carbocycles. The summed E-state index contributed by atoms with van der Waals surface area (Å²) in [5.41, 5.74) is 1.68. The van der Waals surface area contributed by atoms with Crippen LogP contribution in [-0.2, 0) is 11.3 Å². The second-order valence-electron chi connectivity index (χ2n) is 4.74. The van der Waals surface area contributed by atoms with Crippen molar-refractivity contribution in [1.29, 1.82) is 0 Å². The first-order chi connectivity index (χ1) is 9.22. The fourth-order valence-corrected chi connectivity index (χ4v) is 2.19. The average molecular weight is 261 g/mol. The molecule has 0 heterocycles. The Morgan fingerprint density at radius 3 is 2.68 bits per heavy atom. The third-order valence-corrected chi connectivity index (χ3v) is 3.35. The molecule has 0 aromatic heterocycles. The van der Waals surface area contributed by atoms with E-state index in [1.807, 2.05) is 12.1 Å². The van der Waals surface area contributed by atoms with Gasteiger partial charge in [0, 0.05) is 25.1 Å². The molecule has 4 heteroatoms. The fourth-order valence-electron chi connectivity index (χ4n) is 2.19. The van der Waals surface area contributed by atoms with Crippen LogP contribution in [0.4, 0.5) is 0 Å². The second kappa shape index (κ2) is 6.50. The van der Waals surface area contributed by atoms with Gasteiger partial charge in [0.05, 0.1) is 12.7 Å². The van der Waals surface area contributed by atoms with Crippen LogP contribution in [0.25, 0.3) is 0 Å². The molecule has 1 aliphatic rings. The van der Waals surface area contributed by atoms with E-state index in [4.69, 9.17) is 5.11 Å². The molecule has 2 rings (SSSR count). The molecule has 0 spiro atoms. The van der Waals surface area contributed by atoms with Crippen molar-refractivity contribution in [1.82, 2.24) is 5.32 Å². The van der Waals surface area contributed by atoms with Crippen molar-refractivity contribution < 1.29 is 14.6 Å². The van der Waals surface area contributed by atoms with Gasteiger partial charge in [-0.25, -0.2) is 4.79 Å². The molecule has 4 nitrogen and oxygen atoms in total. The number of ether oxygens (including phenoxy) is 1. The topological polar surface area (TPSA) is 58.6 Å². The van der Waals surface area contributed by atoms with Crippen LogP contribution in [0.3, 0.4) is 0 Å². The number of benzene rings is 1. The van der Waals surface area contributed by atoms with Crippen LogP contribution in [0.2, 0.25) is 0 Å². The largest absolute Gasteiger partial charge is 0.465 e. The number of aliphatic hydroxyl groups excluding tert-OH is 1. The van der Waals surface area contributed by atoms with Crippen molar-refractivity contribution in [2.75, 3.05) is 13.7 Å². The van der Waals surface area contributed by atoms with E-state index in [-0.39, 0.29) is 18.5 Å². The normalized spacial score (nSPS) is 21.6. The van der Waals surface area contributed by atoms with Crippen LogP contribution in [-0.4, -0.2) is 30.8 Å². The molecule has 0 unspecified atom stereocenters. The van der Waals surface area contributed by atoms with Crippen LogP contribution >= 0.6 is 0 Å². The number of rotatable bonds is 5. The number of carbonyl (C=O) groups excluding carboxylic acids is 1. The van der Waals surface area contributed by atoms with Gasteiger partial charge in [-0.3, -0.25) is 0 Å². The zero-order valence-corrected chi connectivity index (χ0v) is 11.0. The third kappa shape index (κ3) is 3.66. The maximum Gasteiger partial charge on any atom is 0.337 e. The van der Waals surface area contributed by atoms with Crippen LogP contribution in [0, 0.1) is 5.92 Å². The van der Waals surface area contributed by atoms with Crippen molar-refractivity contribution in [3.63, 3.8) is 0 Å². The van der Waals surface area contributed by atoms with E-state index in [9.17, 15) is 4.79 Å². The lowest BCUT2D eigenvalue weighted by Gasteiger charge is -2.12. The summed E-state index contributed by atoms with van der Waals surface area (Å²) in [4.78, 5) is 11.3. The summed E-state index contributed by atoms with van der Waals surface area (Å²) in [7, 11) is 1.38. The number of methoxy groups -OCH3 is 1. The molecule has 1 aromatic rings. The highest BCUT2D eigenvalue weighted by molar-refractivity contribution is 5.89. The monoisotopic (exact) mass is 261 g/mol. The SMILES string of the molecule is COC(=O)c1ccc(CN[C@@H]2C=C[C@H](CO)C2)cc1. The van der Waals surface area contributed by atoms with Crippen LogP contribution in [0.15, 0.2) is 36.4 Å². The number of carbonyl (C=O) groups is 1. The highest BCUT2D eigenvalue weighted by Crippen LogP contribution is 2.17. The molecule has 0 amide bonds. The molecule has 0 bridgehead atoms. The van der Waals surface area contributed by atoms with Gasteiger partial charge in [-0.05, 0) is 24.1 Å². The maximum absolute atomic E-state index is 11.3. The van der Waals surface area contributed by atoms with Crippen molar-refractivity contribution >= 4 is 5.97 Å². The molecule has 2 N–H and O–H groups in total. The number of hydrogen-bond acceptors (Lipinski definition) is 4. The first kappa shape index (κ1) is 13.8. The minimum atomic E-state index is -0.316. The molecule has 2 atom stereocenters. The molecule has 1 aliphatic carbocycles. The van der Waals surface area contributed by atoms with E-state index in [0.717, 1.165) is 18.5 Å². The van der Waals surface area contributed by atoms with Crippen LogP contribution in [0.5, 0.6) is 0 Å². The van der Waals surface area contributed by atoms with E-state index in [2.05, 4.69) is 22.2 Å². The lowest BCUT2D eigenvalue weighted by atomic mass is 10.1.